The summed E-state index contributed by atoms with van der Waals surface area (Å²) in [4.78, 5) is 11.6. The van der Waals surface area contributed by atoms with Gasteiger partial charge in [-0.15, -0.1) is 0 Å². The highest BCUT2D eigenvalue weighted by atomic mass is 16.7. The molecule has 3 rings (SSSR count). The van der Waals surface area contributed by atoms with Crippen LogP contribution in [0.3, 0.4) is 0 Å². The van der Waals surface area contributed by atoms with Gasteiger partial charge in [0.25, 0.3) is 0 Å². The Labute approximate surface area is 264 Å². The molecule has 9 atom stereocenters. The van der Waals surface area contributed by atoms with E-state index in [0.717, 1.165) is 17.5 Å². The topological polar surface area (TPSA) is 81.7 Å². The third-order valence-electron chi connectivity index (χ3n) is 8.47. The SMILES string of the molecule is CC[C@@H]1[C@@H](OCc2ccccc2)[C@@H](OCc2ccccc2)[C@@H](OC)O[C@@H]1C[C@@H](OCOC)[C@H](C)[C@H](OC)[C@@H](C)/C=C/C(C)=O. The van der Waals surface area contributed by atoms with Gasteiger partial charge in [-0.3, -0.25) is 4.79 Å². The standard InChI is InChI=1S/C36H52O8/c1-8-30-32(21-31(43-24-38-5)27(4)33(39-6)25(2)19-20-26(3)37)44-36(40-7)35(42-23-29-17-13-10-14-18-29)34(30)41-22-28-15-11-9-12-16-28/h9-20,25,27,30-36H,8,21-24H2,1-7H3/b20-19+/t25-,27-,30-,31+,32+,33+,34+,35+,36-/m0/s1. The van der Waals surface area contributed by atoms with Gasteiger partial charge in [-0.05, 0) is 30.5 Å². The first-order chi connectivity index (χ1) is 21.3. The lowest BCUT2D eigenvalue weighted by Crippen LogP contribution is -2.57. The lowest BCUT2D eigenvalue weighted by Gasteiger charge is -2.47. The molecule has 0 amide bonds. The van der Waals surface area contributed by atoms with Crippen LogP contribution in [0.1, 0.15) is 51.7 Å². The maximum absolute atomic E-state index is 11.6. The van der Waals surface area contributed by atoms with E-state index in [-0.39, 0.29) is 54.7 Å². The molecule has 1 aliphatic rings. The van der Waals surface area contributed by atoms with E-state index in [0.29, 0.717) is 19.6 Å². The molecule has 1 heterocycles. The quantitative estimate of drug-likeness (QED) is 0.134. The zero-order valence-electron chi connectivity index (χ0n) is 27.4. The second kappa shape index (κ2) is 19.2. The summed E-state index contributed by atoms with van der Waals surface area (Å²) in [5, 5.41) is 0. The van der Waals surface area contributed by atoms with E-state index >= 15 is 0 Å². The predicted octanol–water partition coefficient (Wildman–Crippen LogP) is 6.37. The Balaban J connectivity index is 1.88. The average Bonchev–Trinajstić information content (AvgIpc) is 3.04. The third kappa shape index (κ3) is 10.6. The van der Waals surface area contributed by atoms with Crippen molar-refractivity contribution in [2.45, 2.75) is 90.6 Å². The van der Waals surface area contributed by atoms with Crippen molar-refractivity contribution in [1.29, 1.82) is 0 Å². The van der Waals surface area contributed by atoms with Crippen molar-refractivity contribution >= 4 is 5.78 Å². The Hall–Kier alpha value is -2.43. The first kappa shape index (κ1) is 36.0. The molecule has 0 aliphatic carbocycles. The van der Waals surface area contributed by atoms with Gasteiger partial charge in [0, 0.05) is 45.5 Å². The normalized spacial score (nSPS) is 25.0. The molecular weight excluding hydrogens is 560 g/mol. The Morgan fingerprint density at radius 1 is 0.909 bits per heavy atom. The minimum atomic E-state index is -0.638. The smallest absolute Gasteiger partial charge is 0.186 e. The zero-order valence-corrected chi connectivity index (χ0v) is 27.4. The van der Waals surface area contributed by atoms with E-state index in [9.17, 15) is 4.79 Å². The largest absolute Gasteiger partial charge is 0.380 e. The molecule has 8 nitrogen and oxygen atoms in total. The molecule has 0 aromatic heterocycles. The van der Waals surface area contributed by atoms with Crippen LogP contribution in [0, 0.1) is 17.8 Å². The summed E-state index contributed by atoms with van der Waals surface area (Å²) in [6.07, 6.45) is 2.81. The summed E-state index contributed by atoms with van der Waals surface area (Å²) in [5.41, 5.74) is 2.16. The molecule has 0 bridgehead atoms. The number of hydrogen-bond donors (Lipinski definition) is 0. The van der Waals surface area contributed by atoms with Crippen LogP contribution in [0.5, 0.6) is 0 Å². The number of hydrogen-bond acceptors (Lipinski definition) is 8. The maximum Gasteiger partial charge on any atom is 0.186 e. The van der Waals surface area contributed by atoms with Crippen molar-refractivity contribution in [3.8, 4) is 0 Å². The highest BCUT2D eigenvalue weighted by Crippen LogP contribution is 2.38. The summed E-state index contributed by atoms with van der Waals surface area (Å²) in [6.45, 7) is 8.86. The third-order valence-corrected chi connectivity index (χ3v) is 8.47. The summed E-state index contributed by atoms with van der Waals surface area (Å²) in [5.74, 6) is -0.0438. The van der Waals surface area contributed by atoms with Gasteiger partial charge >= 0.3 is 0 Å². The van der Waals surface area contributed by atoms with Crippen LogP contribution in [-0.4, -0.2) is 70.7 Å². The fourth-order valence-electron chi connectivity index (χ4n) is 6.14. The van der Waals surface area contributed by atoms with Crippen molar-refractivity contribution in [2.24, 2.45) is 17.8 Å². The van der Waals surface area contributed by atoms with Crippen molar-refractivity contribution in [2.75, 3.05) is 28.1 Å². The predicted molar refractivity (Wildman–Crippen MR) is 170 cm³/mol. The summed E-state index contributed by atoms with van der Waals surface area (Å²) in [6, 6.07) is 20.2. The maximum atomic E-state index is 11.6. The average molecular weight is 613 g/mol. The molecular formula is C36H52O8. The van der Waals surface area contributed by atoms with Crippen LogP contribution in [0.25, 0.3) is 0 Å². The van der Waals surface area contributed by atoms with Gasteiger partial charge in [-0.2, -0.15) is 0 Å². The highest BCUT2D eigenvalue weighted by molar-refractivity contribution is 5.87. The molecule has 0 unspecified atom stereocenters. The molecule has 0 spiro atoms. The van der Waals surface area contributed by atoms with Gasteiger partial charge in [0.1, 0.15) is 12.9 Å². The monoisotopic (exact) mass is 612 g/mol. The van der Waals surface area contributed by atoms with Crippen molar-refractivity contribution in [3.63, 3.8) is 0 Å². The van der Waals surface area contributed by atoms with Crippen LogP contribution < -0.4 is 0 Å². The first-order valence-electron chi connectivity index (χ1n) is 15.6. The van der Waals surface area contributed by atoms with Gasteiger partial charge in [0.15, 0.2) is 12.1 Å². The second-order valence-corrected chi connectivity index (χ2v) is 11.6. The number of allylic oxidation sites excluding steroid dienone is 1. The van der Waals surface area contributed by atoms with Gasteiger partial charge in [-0.25, -0.2) is 0 Å². The van der Waals surface area contributed by atoms with Gasteiger partial charge in [0.2, 0.25) is 0 Å². The lowest BCUT2D eigenvalue weighted by molar-refractivity contribution is -0.305. The Bertz CT molecular complexity index is 1090. The van der Waals surface area contributed by atoms with Crippen molar-refractivity contribution in [1.82, 2.24) is 0 Å². The van der Waals surface area contributed by atoms with Crippen LogP contribution in [-0.2, 0) is 51.2 Å². The number of ether oxygens (including phenoxy) is 7. The van der Waals surface area contributed by atoms with E-state index < -0.39 is 12.4 Å². The number of carbonyl (C=O) groups excluding carboxylic acids is 1. The van der Waals surface area contributed by atoms with Crippen molar-refractivity contribution < 1.29 is 38.0 Å². The Morgan fingerprint density at radius 2 is 1.50 bits per heavy atom. The van der Waals surface area contributed by atoms with Gasteiger partial charge < -0.3 is 33.2 Å². The summed E-state index contributed by atoms with van der Waals surface area (Å²) in [7, 11) is 4.96. The number of benzene rings is 2. The first-order valence-corrected chi connectivity index (χ1v) is 15.6. The minimum absolute atomic E-state index is 0.00255. The van der Waals surface area contributed by atoms with Gasteiger partial charge in [-0.1, -0.05) is 87.5 Å². The van der Waals surface area contributed by atoms with Crippen LogP contribution in [0.4, 0.5) is 0 Å². The van der Waals surface area contributed by atoms with Crippen LogP contribution >= 0.6 is 0 Å². The fraction of sp³-hybridized carbons (Fsp3) is 0.583. The van der Waals surface area contributed by atoms with Crippen molar-refractivity contribution in [3.05, 3.63) is 83.9 Å². The van der Waals surface area contributed by atoms with Crippen LogP contribution in [0.15, 0.2) is 72.8 Å². The molecule has 44 heavy (non-hydrogen) atoms. The molecule has 8 heteroatoms. The number of rotatable bonds is 19. The summed E-state index contributed by atoms with van der Waals surface area (Å²) >= 11 is 0. The zero-order chi connectivity index (χ0) is 31.9. The van der Waals surface area contributed by atoms with Crippen LogP contribution in [0.2, 0.25) is 0 Å². The molecule has 244 valence electrons. The van der Waals surface area contributed by atoms with E-state index in [1.165, 1.54) is 0 Å². The lowest BCUT2D eigenvalue weighted by atomic mass is 9.80. The molecule has 1 fully saturated rings. The van der Waals surface area contributed by atoms with E-state index in [1.807, 2.05) is 61.5 Å². The fourth-order valence-corrected chi connectivity index (χ4v) is 6.14. The minimum Gasteiger partial charge on any atom is -0.380 e. The number of ketones is 1. The number of methoxy groups -OCH3 is 3. The van der Waals surface area contributed by atoms with E-state index in [2.05, 4.69) is 26.0 Å². The molecule has 0 N–H and O–H groups in total. The molecule has 2 aromatic rings. The molecule has 0 radical (unpaired) electrons. The second-order valence-electron chi connectivity index (χ2n) is 11.6. The molecule has 1 aliphatic heterocycles. The molecule has 2 aromatic carbocycles. The highest BCUT2D eigenvalue weighted by Gasteiger charge is 2.48. The molecule has 1 saturated heterocycles. The van der Waals surface area contributed by atoms with Gasteiger partial charge in [0.05, 0.1) is 37.6 Å². The summed E-state index contributed by atoms with van der Waals surface area (Å²) < 4.78 is 43.4. The van der Waals surface area contributed by atoms with E-state index in [1.54, 1.807) is 34.3 Å². The Kier molecular flexibility index (Phi) is 15.7. The molecule has 0 saturated carbocycles. The van der Waals surface area contributed by atoms with E-state index in [4.69, 9.17) is 33.2 Å². The number of carbonyl (C=O) groups is 1. The Morgan fingerprint density at radius 3 is 2.00 bits per heavy atom.